The summed E-state index contributed by atoms with van der Waals surface area (Å²) in [5.41, 5.74) is 5.98. The largest absolute Gasteiger partial charge is 0.482 e. The highest BCUT2D eigenvalue weighted by molar-refractivity contribution is 6.39. The fourth-order valence-electron chi connectivity index (χ4n) is 6.84. The molecule has 0 bridgehead atoms. The first-order valence-electron chi connectivity index (χ1n) is 18.7. The van der Waals surface area contributed by atoms with Gasteiger partial charge in [-0.05, 0) is 74.2 Å². The zero-order valence-electron chi connectivity index (χ0n) is 30.8. The van der Waals surface area contributed by atoms with Crippen LogP contribution in [0, 0.1) is 0 Å². The van der Waals surface area contributed by atoms with Crippen molar-refractivity contribution in [3.05, 3.63) is 82.8 Å². The van der Waals surface area contributed by atoms with Crippen molar-refractivity contribution in [1.82, 2.24) is 10.6 Å². The number of carbonyl (C=O) groups is 4. The number of ether oxygens (including phenoxy) is 2. The Hall–Kier alpha value is -5.14. The standard InChI is InChI=1S/C42H44Cl2N4O8/c43-41-29(27-13-15-33-35(23-27)55-25-37(49)47(33)21-19-45-17-3-1-11-39(51)52)7-5-9-31(41)32-10-6-8-30(42(32)44)28-14-16-34-36(24-28)56-26-38(50)48(34)22-20-46-18-4-2-12-40(53)54/h5-10,13-16,23-24,45-46H,1-4,11-12,17-22,25-26H2,(H,51,52)(H,53,54). The zero-order chi connectivity index (χ0) is 39.6. The first kappa shape index (κ1) is 40.5. The molecule has 2 aliphatic rings. The highest BCUT2D eigenvalue weighted by Crippen LogP contribution is 2.45. The van der Waals surface area contributed by atoms with Crippen molar-refractivity contribution in [3.8, 4) is 44.9 Å². The molecule has 6 rings (SSSR count). The molecule has 0 unspecified atom stereocenters. The van der Waals surface area contributed by atoms with Gasteiger partial charge in [0.1, 0.15) is 11.5 Å². The van der Waals surface area contributed by atoms with Crippen LogP contribution in [0.3, 0.4) is 0 Å². The van der Waals surface area contributed by atoms with Crippen LogP contribution in [0.1, 0.15) is 38.5 Å². The van der Waals surface area contributed by atoms with Crippen molar-refractivity contribution in [2.24, 2.45) is 0 Å². The lowest BCUT2D eigenvalue weighted by Crippen LogP contribution is -2.42. The third-order valence-corrected chi connectivity index (χ3v) is 10.5. The second kappa shape index (κ2) is 19.1. The fraction of sp³-hybridized carbons (Fsp3) is 0.333. The summed E-state index contributed by atoms with van der Waals surface area (Å²) in [6, 6.07) is 22.8. The number of nitrogens with zero attached hydrogens (tertiary/aromatic N) is 2. The van der Waals surface area contributed by atoms with Gasteiger partial charge in [-0.25, -0.2) is 0 Å². The molecule has 14 heteroatoms. The van der Waals surface area contributed by atoms with Crippen molar-refractivity contribution < 1.29 is 38.9 Å². The molecule has 0 spiro atoms. The maximum Gasteiger partial charge on any atom is 0.303 e. The fourth-order valence-corrected chi connectivity index (χ4v) is 7.52. The molecule has 4 N–H and O–H groups in total. The van der Waals surface area contributed by atoms with Crippen LogP contribution in [0.4, 0.5) is 11.4 Å². The summed E-state index contributed by atoms with van der Waals surface area (Å²) >= 11 is 14.3. The van der Waals surface area contributed by atoms with Gasteiger partial charge in [0.2, 0.25) is 0 Å². The minimum Gasteiger partial charge on any atom is -0.482 e. The molecular formula is C42H44Cl2N4O8. The summed E-state index contributed by atoms with van der Waals surface area (Å²) < 4.78 is 11.7. The Morgan fingerprint density at radius 1 is 0.589 bits per heavy atom. The van der Waals surface area contributed by atoms with Gasteiger partial charge in [0.05, 0.1) is 21.4 Å². The zero-order valence-corrected chi connectivity index (χ0v) is 32.3. The molecule has 0 fully saturated rings. The Morgan fingerprint density at radius 3 is 1.41 bits per heavy atom. The first-order valence-corrected chi connectivity index (χ1v) is 19.5. The molecule has 2 aliphatic heterocycles. The van der Waals surface area contributed by atoms with Crippen LogP contribution in [0.15, 0.2) is 72.8 Å². The molecule has 56 heavy (non-hydrogen) atoms. The minimum absolute atomic E-state index is 0.0813. The van der Waals surface area contributed by atoms with Gasteiger partial charge in [-0.1, -0.05) is 71.7 Å². The van der Waals surface area contributed by atoms with Crippen LogP contribution in [0.2, 0.25) is 10.0 Å². The van der Waals surface area contributed by atoms with Crippen molar-refractivity contribution in [3.63, 3.8) is 0 Å². The summed E-state index contributed by atoms with van der Waals surface area (Å²) in [4.78, 5) is 50.4. The van der Waals surface area contributed by atoms with Crippen LogP contribution in [0.25, 0.3) is 33.4 Å². The molecule has 0 saturated carbocycles. The number of fused-ring (bicyclic) bond motifs is 2. The Kier molecular flexibility index (Phi) is 13.8. The van der Waals surface area contributed by atoms with E-state index in [1.807, 2.05) is 72.8 Å². The van der Waals surface area contributed by atoms with Gasteiger partial charge in [-0.2, -0.15) is 0 Å². The molecule has 4 aromatic rings. The lowest BCUT2D eigenvalue weighted by atomic mass is 9.95. The van der Waals surface area contributed by atoms with Gasteiger partial charge >= 0.3 is 11.9 Å². The van der Waals surface area contributed by atoms with Gasteiger partial charge in [0, 0.05) is 61.3 Å². The molecule has 2 heterocycles. The molecule has 4 aromatic carbocycles. The van der Waals surface area contributed by atoms with E-state index in [1.54, 1.807) is 9.80 Å². The van der Waals surface area contributed by atoms with Crippen LogP contribution >= 0.6 is 23.2 Å². The van der Waals surface area contributed by atoms with Crippen LogP contribution in [-0.2, 0) is 19.2 Å². The van der Waals surface area contributed by atoms with E-state index in [9.17, 15) is 19.2 Å². The number of unbranched alkanes of at least 4 members (excludes halogenated alkanes) is 2. The predicted molar refractivity (Wildman–Crippen MR) is 217 cm³/mol. The summed E-state index contributed by atoms with van der Waals surface area (Å²) in [6.45, 7) is 3.18. The minimum atomic E-state index is -0.802. The molecular weight excluding hydrogens is 759 g/mol. The van der Waals surface area contributed by atoms with Crippen molar-refractivity contribution in [2.75, 3.05) is 62.3 Å². The van der Waals surface area contributed by atoms with Gasteiger partial charge in [-0.15, -0.1) is 0 Å². The van der Waals surface area contributed by atoms with Crippen LogP contribution in [-0.4, -0.2) is 86.4 Å². The Balaban J connectivity index is 1.16. The maximum atomic E-state index is 12.8. The Bertz CT molecular complexity index is 1950. The number of carbonyl (C=O) groups excluding carboxylic acids is 2. The van der Waals surface area contributed by atoms with E-state index < -0.39 is 11.9 Å². The molecule has 0 radical (unpaired) electrons. The third-order valence-electron chi connectivity index (χ3n) is 9.73. The number of carboxylic acids is 2. The lowest BCUT2D eigenvalue weighted by molar-refractivity contribution is -0.138. The maximum absolute atomic E-state index is 12.8. The highest BCUT2D eigenvalue weighted by atomic mass is 35.5. The van der Waals surface area contributed by atoms with Gasteiger partial charge in [0.25, 0.3) is 11.8 Å². The molecule has 0 aromatic heterocycles. The number of anilines is 2. The smallest absolute Gasteiger partial charge is 0.303 e. The van der Waals surface area contributed by atoms with Gasteiger partial charge in [0.15, 0.2) is 13.2 Å². The normalized spacial score (nSPS) is 13.5. The Labute approximate surface area is 335 Å². The number of halogens is 2. The predicted octanol–water partition coefficient (Wildman–Crippen LogP) is 7.13. The van der Waals surface area contributed by atoms with E-state index >= 15 is 0 Å². The van der Waals surface area contributed by atoms with Gasteiger partial charge < -0.3 is 40.1 Å². The number of rotatable bonds is 19. The van der Waals surface area contributed by atoms with E-state index in [4.69, 9.17) is 42.9 Å². The lowest BCUT2D eigenvalue weighted by Gasteiger charge is -2.30. The molecule has 0 atom stereocenters. The number of hydrogen-bond acceptors (Lipinski definition) is 8. The number of amides is 2. The van der Waals surface area contributed by atoms with Gasteiger partial charge in [-0.3, -0.25) is 19.2 Å². The highest BCUT2D eigenvalue weighted by Gasteiger charge is 2.28. The van der Waals surface area contributed by atoms with E-state index in [1.165, 1.54) is 0 Å². The SMILES string of the molecule is O=C(O)CCCCNCCN1C(=O)COc2cc(-c3cccc(-c4cccc(-c5ccc6c(c5)OCC(=O)N6CCNCCCCC(=O)O)c4Cl)c3Cl)ccc21. The summed E-state index contributed by atoms with van der Waals surface area (Å²) in [7, 11) is 0. The molecule has 0 saturated heterocycles. The van der Waals surface area contributed by atoms with Crippen LogP contribution < -0.4 is 29.9 Å². The molecule has 0 aliphatic carbocycles. The van der Waals surface area contributed by atoms with E-state index in [2.05, 4.69) is 10.6 Å². The topological polar surface area (TPSA) is 158 Å². The summed E-state index contributed by atoms with van der Waals surface area (Å²) in [6.07, 6.45) is 2.96. The average molecular weight is 804 g/mol. The number of benzene rings is 4. The number of aliphatic carboxylic acids is 2. The van der Waals surface area contributed by atoms with E-state index in [0.29, 0.717) is 85.0 Å². The van der Waals surface area contributed by atoms with Crippen LogP contribution in [0.5, 0.6) is 11.5 Å². The Morgan fingerprint density at radius 2 is 1.00 bits per heavy atom. The number of hydrogen-bond donors (Lipinski definition) is 4. The second-order valence-electron chi connectivity index (χ2n) is 13.6. The van der Waals surface area contributed by atoms with E-state index in [0.717, 1.165) is 46.2 Å². The molecule has 12 nitrogen and oxygen atoms in total. The second-order valence-corrected chi connectivity index (χ2v) is 14.3. The van der Waals surface area contributed by atoms with E-state index in [-0.39, 0.29) is 37.9 Å². The molecule has 2 amide bonds. The third kappa shape index (κ3) is 9.80. The monoisotopic (exact) mass is 802 g/mol. The quantitative estimate of drug-likeness (QED) is 0.0719. The first-order chi connectivity index (χ1) is 27.1. The number of nitrogens with one attached hydrogen (secondary N) is 2. The molecule has 294 valence electrons. The summed E-state index contributed by atoms with van der Waals surface area (Å²) in [5.74, 6) is -0.737. The van der Waals surface area contributed by atoms with Crippen molar-refractivity contribution in [1.29, 1.82) is 0 Å². The average Bonchev–Trinajstić information content (AvgIpc) is 3.18. The van der Waals surface area contributed by atoms with Crippen molar-refractivity contribution in [2.45, 2.75) is 38.5 Å². The summed E-state index contributed by atoms with van der Waals surface area (Å²) in [5, 5.41) is 25.2. The van der Waals surface area contributed by atoms with Crippen molar-refractivity contribution >= 4 is 58.3 Å². The number of carboxylic acid groups (broad SMARTS) is 2.